The summed E-state index contributed by atoms with van der Waals surface area (Å²) in [7, 11) is 0. The SMILES string of the molecule is CC(=O)Nc1ccc(C(C)(C)c2ccc3nc(C)oc3c2)cc1. The molecule has 23 heavy (non-hydrogen) atoms. The molecule has 1 aromatic heterocycles. The number of aromatic nitrogens is 1. The zero-order chi connectivity index (χ0) is 16.6. The molecule has 2 aromatic carbocycles. The number of nitrogens with one attached hydrogen (secondary N) is 1. The number of carbonyl (C=O) groups excluding carboxylic acids is 1. The number of oxazole rings is 1. The lowest BCUT2D eigenvalue weighted by atomic mass is 9.78. The van der Waals surface area contributed by atoms with Gasteiger partial charge in [0.25, 0.3) is 0 Å². The minimum absolute atomic E-state index is 0.0665. The Labute approximate surface area is 135 Å². The van der Waals surface area contributed by atoms with E-state index < -0.39 is 0 Å². The van der Waals surface area contributed by atoms with Gasteiger partial charge < -0.3 is 9.73 Å². The van der Waals surface area contributed by atoms with Crippen LogP contribution in [-0.4, -0.2) is 10.9 Å². The number of carbonyl (C=O) groups is 1. The molecule has 3 aromatic rings. The van der Waals surface area contributed by atoms with Crippen LogP contribution in [0.1, 0.15) is 37.8 Å². The summed E-state index contributed by atoms with van der Waals surface area (Å²) < 4.78 is 5.64. The van der Waals surface area contributed by atoms with Crippen molar-refractivity contribution in [2.24, 2.45) is 0 Å². The van der Waals surface area contributed by atoms with Crippen LogP contribution in [0.15, 0.2) is 46.9 Å². The van der Waals surface area contributed by atoms with Gasteiger partial charge in [0.05, 0.1) is 0 Å². The molecule has 0 spiro atoms. The second kappa shape index (κ2) is 5.54. The van der Waals surface area contributed by atoms with Crippen molar-refractivity contribution in [2.75, 3.05) is 5.32 Å². The molecular weight excluding hydrogens is 288 g/mol. The van der Waals surface area contributed by atoms with Crippen LogP contribution < -0.4 is 5.32 Å². The van der Waals surface area contributed by atoms with Crippen molar-refractivity contribution in [3.05, 3.63) is 59.5 Å². The van der Waals surface area contributed by atoms with Gasteiger partial charge in [-0.15, -0.1) is 0 Å². The van der Waals surface area contributed by atoms with Gasteiger partial charge >= 0.3 is 0 Å². The number of rotatable bonds is 3. The average molecular weight is 308 g/mol. The third-order valence-corrected chi connectivity index (χ3v) is 4.14. The Kier molecular flexibility index (Phi) is 3.68. The van der Waals surface area contributed by atoms with E-state index in [9.17, 15) is 4.79 Å². The fourth-order valence-electron chi connectivity index (χ4n) is 2.77. The van der Waals surface area contributed by atoms with E-state index in [1.165, 1.54) is 12.5 Å². The van der Waals surface area contributed by atoms with E-state index in [1.807, 2.05) is 37.3 Å². The lowest BCUT2D eigenvalue weighted by Gasteiger charge is -2.26. The van der Waals surface area contributed by atoms with Crippen molar-refractivity contribution in [3.63, 3.8) is 0 Å². The van der Waals surface area contributed by atoms with E-state index in [1.54, 1.807) is 0 Å². The fourth-order valence-corrected chi connectivity index (χ4v) is 2.77. The van der Waals surface area contributed by atoms with E-state index in [0.29, 0.717) is 5.89 Å². The van der Waals surface area contributed by atoms with Gasteiger partial charge in [0, 0.05) is 24.9 Å². The number of anilines is 1. The van der Waals surface area contributed by atoms with Crippen molar-refractivity contribution >= 4 is 22.7 Å². The molecule has 0 radical (unpaired) electrons. The lowest BCUT2D eigenvalue weighted by molar-refractivity contribution is -0.114. The van der Waals surface area contributed by atoms with E-state index in [2.05, 4.69) is 36.3 Å². The maximum absolute atomic E-state index is 11.1. The largest absolute Gasteiger partial charge is 0.441 e. The molecule has 0 bridgehead atoms. The number of hydrogen-bond acceptors (Lipinski definition) is 3. The number of hydrogen-bond donors (Lipinski definition) is 1. The molecule has 0 saturated carbocycles. The minimum atomic E-state index is -0.177. The molecule has 3 rings (SSSR count). The third kappa shape index (κ3) is 2.97. The maximum atomic E-state index is 11.1. The van der Waals surface area contributed by atoms with Crippen molar-refractivity contribution in [1.82, 2.24) is 4.98 Å². The predicted octanol–water partition coefficient (Wildman–Crippen LogP) is 4.42. The van der Waals surface area contributed by atoms with E-state index in [-0.39, 0.29) is 11.3 Å². The topological polar surface area (TPSA) is 55.1 Å². The number of fused-ring (bicyclic) bond motifs is 1. The Morgan fingerprint density at radius 3 is 2.39 bits per heavy atom. The van der Waals surface area contributed by atoms with E-state index >= 15 is 0 Å². The molecule has 0 fully saturated rings. The quantitative estimate of drug-likeness (QED) is 0.779. The number of amides is 1. The van der Waals surface area contributed by atoms with Gasteiger partial charge in [0.1, 0.15) is 5.52 Å². The van der Waals surface area contributed by atoms with Crippen LogP contribution in [0.5, 0.6) is 0 Å². The molecular formula is C19H20N2O2. The first-order chi connectivity index (χ1) is 10.9. The Morgan fingerprint density at radius 1 is 1.09 bits per heavy atom. The van der Waals surface area contributed by atoms with Crippen LogP contribution in [0.4, 0.5) is 5.69 Å². The molecule has 0 aliphatic carbocycles. The first-order valence-corrected chi connectivity index (χ1v) is 7.62. The highest BCUT2D eigenvalue weighted by atomic mass is 16.3. The number of nitrogens with zero attached hydrogens (tertiary/aromatic N) is 1. The molecule has 0 atom stereocenters. The second-order valence-electron chi connectivity index (χ2n) is 6.30. The predicted molar refractivity (Wildman–Crippen MR) is 91.6 cm³/mol. The highest BCUT2D eigenvalue weighted by Gasteiger charge is 2.24. The van der Waals surface area contributed by atoms with Crippen molar-refractivity contribution in [1.29, 1.82) is 0 Å². The summed E-state index contributed by atoms with van der Waals surface area (Å²) in [5.74, 6) is 0.609. The normalized spacial score (nSPS) is 11.7. The minimum Gasteiger partial charge on any atom is -0.441 e. The summed E-state index contributed by atoms with van der Waals surface area (Å²) in [6.07, 6.45) is 0. The van der Waals surface area contributed by atoms with Gasteiger partial charge in [-0.2, -0.15) is 0 Å². The highest BCUT2D eigenvalue weighted by molar-refractivity contribution is 5.88. The zero-order valence-corrected chi connectivity index (χ0v) is 13.8. The summed E-state index contributed by atoms with van der Waals surface area (Å²) in [6, 6.07) is 14.1. The summed E-state index contributed by atoms with van der Waals surface area (Å²) in [5.41, 5.74) is 4.64. The third-order valence-electron chi connectivity index (χ3n) is 4.14. The van der Waals surface area contributed by atoms with Crippen molar-refractivity contribution in [2.45, 2.75) is 33.1 Å². The molecule has 118 valence electrons. The summed E-state index contributed by atoms with van der Waals surface area (Å²) in [5, 5.41) is 2.79. The molecule has 0 saturated heterocycles. The van der Waals surface area contributed by atoms with Crippen molar-refractivity contribution < 1.29 is 9.21 Å². The highest BCUT2D eigenvalue weighted by Crippen LogP contribution is 2.33. The fraction of sp³-hybridized carbons (Fsp3) is 0.263. The first kappa shape index (κ1) is 15.3. The van der Waals surface area contributed by atoms with Crippen LogP contribution in [0.2, 0.25) is 0 Å². The van der Waals surface area contributed by atoms with E-state index in [0.717, 1.165) is 22.4 Å². The van der Waals surface area contributed by atoms with Gasteiger partial charge in [-0.25, -0.2) is 4.98 Å². The van der Waals surface area contributed by atoms with Gasteiger partial charge in [-0.3, -0.25) is 4.79 Å². The summed E-state index contributed by atoms with van der Waals surface area (Å²) in [4.78, 5) is 15.5. The molecule has 1 heterocycles. The van der Waals surface area contributed by atoms with Gasteiger partial charge in [-0.1, -0.05) is 32.0 Å². The molecule has 1 amide bonds. The zero-order valence-electron chi connectivity index (χ0n) is 13.8. The maximum Gasteiger partial charge on any atom is 0.221 e. The average Bonchev–Trinajstić information content (AvgIpc) is 2.86. The monoisotopic (exact) mass is 308 g/mol. The van der Waals surface area contributed by atoms with Crippen LogP contribution in [0.3, 0.4) is 0 Å². The van der Waals surface area contributed by atoms with Gasteiger partial charge in [0.15, 0.2) is 11.5 Å². The molecule has 0 unspecified atom stereocenters. The van der Waals surface area contributed by atoms with Gasteiger partial charge in [0.2, 0.25) is 5.91 Å². The van der Waals surface area contributed by atoms with Crippen LogP contribution in [0, 0.1) is 6.92 Å². The molecule has 0 aliphatic rings. The Balaban J connectivity index is 1.96. The molecule has 4 nitrogen and oxygen atoms in total. The summed E-state index contributed by atoms with van der Waals surface area (Å²) in [6.45, 7) is 7.70. The first-order valence-electron chi connectivity index (χ1n) is 7.62. The van der Waals surface area contributed by atoms with E-state index in [4.69, 9.17) is 4.42 Å². The summed E-state index contributed by atoms with van der Waals surface area (Å²) >= 11 is 0. The Hall–Kier alpha value is -2.62. The lowest BCUT2D eigenvalue weighted by Crippen LogP contribution is -2.18. The van der Waals surface area contributed by atoms with Gasteiger partial charge in [-0.05, 0) is 35.4 Å². The standard InChI is InChI=1S/C19H20N2O2/c1-12(22)20-16-8-5-14(6-9-16)19(3,4)15-7-10-17-18(11-15)23-13(2)21-17/h5-11H,1-4H3,(H,20,22). The molecule has 1 N–H and O–H groups in total. The van der Waals surface area contributed by atoms with Crippen LogP contribution in [0.25, 0.3) is 11.1 Å². The second-order valence-corrected chi connectivity index (χ2v) is 6.30. The number of benzene rings is 2. The number of aryl methyl sites for hydroxylation is 1. The van der Waals surface area contributed by atoms with Crippen LogP contribution >= 0.6 is 0 Å². The Morgan fingerprint density at radius 2 is 1.74 bits per heavy atom. The molecule has 4 heteroatoms. The van der Waals surface area contributed by atoms with Crippen molar-refractivity contribution in [3.8, 4) is 0 Å². The molecule has 0 aliphatic heterocycles. The Bertz CT molecular complexity index is 861. The smallest absolute Gasteiger partial charge is 0.221 e. The van der Waals surface area contributed by atoms with Crippen LogP contribution in [-0.2, 0) is 10.2 Å².